The topological polar surface area (TPSA) is 77.7 Å². The second-order valence-corrected chi connectivity index (χ2v) is 11.2. The summed E-state index contributed by atoms with van der Waals surface area (Å²) in [5.74, 6) is -0.467. The van der Waals surface area contributed by atoms with Crippen LogP contribution in [0.5, 0.6) is 0 Å². The third-order valence-corrected chi connectivity index (χ3v) is 8.38. The van der Waals surface area contributed by atoms with Gasteiger partial charge >= 0.3 is 0 Å². The molecule has 0 atom stereocenters. The molecule has 31 heavy (non-hydrogen) atoms. The van der Waals surface area contributed by atoms with Gasteiger partial charge in [0.25, 0.3) is 5.91 Å². The molecule has 0 N–H and O–H groups in total. The van der Waals surface area contributed by atoms with Crippen molar-refractivity contribution in [3.63, 3.8) is 0 Å². The Labute approximate surface area is 187 Å². The molecule has 0 aliphatic heterocycles. The number of ether oxygens (including phenoxy) is 1. The second-order valence-electron chi connectivity index (χ2n) is 7.68. The van der Waals surface area contributed by atoms with Crippen LogP contribution in [0.4, 0.5) is 0 Å². The van der Waals surface area contributed by atoms with Gasteiger partial charge < -0.3 is 9.30 Å². The fourth-order valence-corrected chi connectivity index (χ4v) is 5.39. The van der Waals surface area contributed by atoms with Crippen molar-refractivity contribution in [2.24, 2.45) is 4.99 Å². The highest BCUT2D eigenvalue weighted by atomic mass is 32.2. The molecule has 3 rings (SSSR count). The lowest BCUT2D eigenvalue weighted by molar-refractivity contribution is 0.0996. The normalized spacial score (nSPS) is 12.8. The molecule has 0 fully saturated rings. The zero-order valence-electron chi connectivity index (χ0n) is 18.5. The number of carbonyl (C=O) groups excluding carboxylic acids is 1. The molecule has 0 aliphatic carbocycles. The van der Waals surface area contributed by atoms with Crippen molar-refractivity contribution in [1.82, 2.24) is 4.57 Å². The molecule has 0 saturated heterocycles. The summed E-state index contributed by atoms with van der Waals surface area (Å²) in [7, 11) is -3.47. The standard InChI is InChI=1S/C23H28N2O4S2/c1-6-29-11-10-25-20-12-16(4)17(5)13-21(20)30-23(25)24-22(26)18-8-7-9-19(14-18)31(27,28)15(2)3/h7-9,12-15H,6,10-11H2,1-5H3. The van der Waals surface area contributed by atoms with Crippen LogP contribution in [-0.2, 0) is 21.1 Å². The minimum atomic E-state index is -3.47. The molecule has 0 radical (unpaired) electrons. The number of amides is 1. The van der Waals surface area contributed by atoms with E-state index >= 15 is 0 Å². The van der Waals surface area contributed by atoms with Gasteiger partial charge in [-0.1, -0.05) is 17.4 Å². The average molecular weight is 461 g/mol. The monoisotopic (exact) mass is 460 g/mol. The van der Waals surface area contributed by atoms with E-state index in [1.807, 2.05) is 11.5 Å². The molecular formula is C23H28N2O4S2. The van der Waals surface area contributed by atoms with Gasteiger partial charge in [0.05, 0.1) is 27.0 Å². The van der Waals surface area contributed by atoms with E-state index in [-0.39, 0.29) is 10.5 Å². The summed E-state index contributed by atoms with van der Waals surface area (Å²) in [6.07, 6.45) is 0. The third-order valence-electron chi connectivity index (χ3n) is 5.19. The van der Waals surface area contributed by atoms with Gasteiger partial charge in [0.1, 0.15) is 0 Å². The SMILES string of the molecule is CCOCCn1c(=NC(=O)c2cccc(S(=O)(=O)C(C)C)c2)sc2cc(C)c(C)cc21. The first-order valence-corrected chi connectivity index (χ1v) is 12.6. The van der Waals surface area contributed by atoms with Crippen LogP contribution < -0.4 is 4.80 Å². The van der Waals surface area contributed by atoms with Crippen molar-refractivity contribution in [2.75, 3.05) is 13.2 Å². The van der Waals surface area contributed by atoms with Gasteiger partial charge in [-0.2, -0.15) is 4.99 Å². The Morgan fingerprint density at radius 3 is 2.55 bits per heavy atom. The first-order valence-electron chi connectivity index (χ1n) is 10.3. The maximum atomic E-state index is 13.0. The Balaban J connectivity index is 2.09. The summed E-state index contributed by atoms with van der Waals surface area (Å²) < 4.78 is 33.5. The van der Waals surface area contributed by atoms with Gasteiger partial charge in [0, 0.05) is 18.7 Å². The Bertz CT molecular complexity index is 1280. The van der Waals surface area contributed by atoms with Crippen LogP contribution in [0, 0.1) is 13.8 Å². The second kappa shape index (κ2) is 9.46. The molecular weight excluding hydrogens is 432 g/mol. The Hall–Kier alpha value is -2.29. The molecule has 8 heteroatoms. The van der Waals surface area contributed by atoms with E-state index in [0.717, 1.165) is 10.2 Å². The smallest absolute Gasteiger partial charge is 0.279 e. The minimum absolute atomic E-state index is 0.135. The summed E-state index contributed by atoms with van der Waals surface area (Å²) in [4.78, 5) is 18.0. The van der Waals surface area contributed by atoms with E-state index < -0.39 is 21.0 Å². The van der Waals surface area contributed by atoms with Gasteiger partial charge in [0.15, 0.2) is 14.6 Å². The zero-order chi connectivity index (χ0) is 22.8. The molecule has 0 bridgehead atoms. The van der Waals surface area contributed by atoms with E-state index in [1.165, 1.54) is 34.6 Å². The number of thiazole rings is 1. The molecule has 6 nitrogen and oxygen atoms in total. The number of hydrogen-bond acceptors (Lipinski definition) is 5. The van der Waals surface area contributed by atoms with E-state index in [4.69, 9.17) is 4.74 Å². The van der Waals surface area contributed by atoms with Crippen LogP contribution in [0.3, 0.4) is 0 Å². The van der Waals surface area contributed by atoms with Crippen molar-refractivity contribution in [2.45, 2.75) is 51.3 Å². The molecule has 0 saturated carbocycles. The summed E-state index contributed by atoms with van der Waals surface area (Å²) in [5, 5.41) is -0.565. The van der Waals surface area contributed by atoms with Crippen LogP contribution in [-0.4, -0.2) is 37.4 Å². The van der Waals surface area contributed by atoms with Crippen molar-refractivity contribution >= 4 is 37.3 Å². The number of fused-ring (bicyclic) bond motifs is 1. The van der Waals surface area contributed by atoms with Gasteiger partial charge in [-0.15, -0.1) is 0 Å². The van der Waals surface area contributed by atoms with Crippen molar-refractivity contribution in [1.29, 1.82) is 0 Å². The van der Waals surface area contributed by atoms with Gasteiger partial charge in [0.2, 0.25) is 0 Å². The zero-order valence-corrected chi connectivity index (χ0v) is 20.1. The maximum Gasteiger partial charge on any atom is 0.279 e. The fraction of sp³-hybridized carbons (Fsp3) is 0.391. The summed E-state index contributed by atoms with van der Waals surface area (Å²) in [6.45, 7) is 11.0. The number of aromatic nitrogens is 1. The molecule has 1 heterocycles. The number of benzene rings is 2. The predicted octanol–water partition coefficient (Wildman–Crippen LogP) is 4.28. The van der Waals surface area contributed by atoms with Crippen LogP contribution in [0.15, 0.2) is 46.3 Å². The van der Waals surface area contributed by atoms with E-state index in [2.05, 4.69) is 31.0 Å². The van der Waals surface area contributed by atoms with Gasteiger partial charge in [-0.05, 0) is 76.1 Å². The number of rotatable bonds is 7. The van der Waals surface area contributed by atoms with E-state index in [0.29, 0.717) is 24.6 Å². The lowest BCUT2D eigenvalue weighted by atomic mass is 10.1. The highest BCUT2D eigenvalue weighted by molar-refractivity contribution is 7.92. The first kappa shape index (κ1) is 23.4. The molecule has 3 aromatic rings. The number of carbonyl (C=O) groups is 1. The van der Waals surface area contributed by atoms with E-state index in [9.17, 15) is 13.2 Å². The van der Waals surface area contributed by atoms with Crippen molar-refractivity contribution < 1.29 is 17.9 Å². The number of nitrogens with zero attached hydrogens (tertiary/aromatic N) is 2. The largest absolute Gasteiger partial charge is 0.380 e. The van der Waals surface area contributed by atoms with Crippen molar-refractivity contribution in [3.05, 3.63) is 57.9 Å². The van der Waals surface area contributed by atoms with E-state index in [1.54, 1.807) is 26.0 Å². The Morgan fingerprint density at radius 2 is 1.87 bits per heavy atom. The van der Waals surface area contributed by atoms with Crippen LogP contribution >= 0.6 is 11.3 Å². The fourth-order valence-electron chi connectivity index (χ4n) is 3.15. The summed E-state index contributed by atoms with van der Waals surface area (Å²) >= 11 is 1.44. The minimum Gasteiger partial charge on any atom is -0.380 e. The quantitative estimate of drug-likeness (QED) is 0.493. The van der Waals surface area contributed by atoms with Crippen molar-refractivity contribution in [3.8, 4) is 0 Å². The molecule has 0 unspecified atom stereocenters. The van der Waals surface area contributed by atoms with Crippen LogP contribution in [0.2, 0.25) is 0 Å². The predicted molar refractivity (Wildman–Crippen MR) is 124 cm³/mol. The third kappa shape index (κ3) is 4.97. The summed E-state index contributed by atoms with van der Waals surface area (Å²) in [6, 6.07) is 10.3. The van der Waals surface area contributed by atoms with Gasteiger partial charge in [-0.3, -0.25) is 4.79 Å². The molecule has 166 valence electrons. The highest BCUT2D eigenvalue weighted by Gasteiger charge is 2.20. The molecule has 1 amide bonds. The van der Waals surface area contributed by atoms with Crippen LogP contribution in [0.25, 0.3) is 10.2 Å². The molecule has 2 aromatic carbocycles. The maximum absolute atomic E-state index is 13.0. The first-order chi connectivity index (χ1) is 14.6. The highest BCUT2D eigenvalue weighted by Crippen LogP contribution is 2.22. The lowest BCUT2D eigenvalue weighted by Crippen LogP contribution is -2.20. The van der Waals surface area contributed by atoms with Crippen LogP contribution in [0.1, 0.15) is 42.3 Å². The molecule has 0 spiro atoms. The van der Waals surface area contributed by atoms with Gasteiger partial charge in [-0.25, -0.2) is 8.42 Å². The average Bonchev–Trinajstić information content (AvgIpc) is 3.04. The lowest BCUT2D eigenvalue weighted by Gasteiger charge is -2.08. The Morgan fingerprint density at radius 1 is 1.16 bits per heavy atom. The Kier molecular flexibility index (Phi) is 7.13. The number of hydrogen-bond donors (Lipinski definition) is 0. The number of sulfone groups is 1. The number of aryl methyl sites for hydroxylation is 2. The molecule has 1 aromatic heterocycles. The molecule has 0 aliphatic rings. The summed E-state index contributed by atoms with van der Waals surface area (Å²) in [5.41, 5.74) is 3.61.